The maximum Gasteiger partial charge on any atom is 0.309 e. The first-order valence-corrected chi connectivity index (χ1v) is 13.5. The minimum Gasteiger partial charge on any atom is -0.466 e. The number of aryl methyl sites for hydroxylation is 1. The number of benzene rings is 1. The lowest BCUT2D eigenvalue weighted by Crippen LogP contribution is -2.46. The molecule has 2 fully saturated rings. The van der Waals surface area contributed by atoms with Crippen LogP contribution in [0.1, 0.15) is 59.6 Å². The van der Waals surface area contributed by atoms with Crippen molar-refractivity contribution in [2.75, 3.05) is 57.3 Å². The predicted octanol–water partition coefficient (Wildman–Crippen LogP) is 4.02. The molecule has 0 aliphatic carbocycles. The lowest BCUT2D eigenvalue weighted by Gasteiger charge is -2.36. The van der Waals surface area contributed by atoms with Crippen LogP contribution in [0.3, 0.4) is 0 Å². The molecule has 1 aromatic carbocycles. The second-order valence-corrected chi connectivity index (χ2v) is 10.2. The van der Waals surface area contributed by atoms with Crippen LogP contribution in [0.5, 0.6) is 0 Å². The number of carbonyl (C=O) groups excluding carboxylic acids is 2. The zero-order valence-corrected chi connectivity index (χ0v) is 22.7. The first kappa shape index (κ1) is 26.3. The number of anilines is 1. The summed E-state index contributed by atoms with van der Waals surface area (Å²) in [4.78, 5) is 33.1. The Morgan fingerprint density at radius 3 is 2.22 bits per heavy atom. The molecule has 3 heterocycles. The van der Waals surface area contributed by atoms with Gasteiger partial charge in [-0.05, 0) is 58.2 Å². The average molecular weight is 495 g/mol. The molecule has 7 heteroatoms. The number of carbonyl (C=O) groups is 2. The summed E-state index contributed by atoms with van der Waals surface area (Å²) in [7, 11) is 0. The summed E-state index contributed by atoms with van der Waals surface area (Å²) in [6, 6.07) is 8.42. The van der Waals surface area contributed by atoms with Gasteiger partial charge < -0.3 is 24.0 Å². The standard InChI is InChI=1S/C29H42N4O3/c1-6-30-16-18-31(19-17-30)26-22(4)27(33(23(26)5)20-25-11-9-8-10-21(25)3)28(34)32-14-12-24(13-15-32)29(35)36-7-2/h8-11,24H,6-7,12-20H2,1-5H3. The lowest BCUT2D eigenvalue weighted by atomic mass is 9.96. The van der Waals surface area contributed by atoms with Gasteiger partial charge in [0.1, 0.15) is 5.69 Å². The van der Waals surface area contributed by atoms with Gasteiger partial charge in [-0.15, -0.1) is 0 Å². The number of amides is 1. The molecule has 0 N–H and O–H groups in total. The van der Waals surface area contributed by atoms with Crippen molar-refractivity contribution in [1.82, 2.24) is 14.4 Å². The Bertz CT molecular complexity index is 1080. The molecule has 0 atom stereocenters. The Morgan fingerprint density at radius 2 is 1.61 bits per heavy atom. The van der Waals surface area contributed by atoms with E-state index in [-0.39, 0.29) is 17.8 Å². The van der Waals surface area contributed by atoms with Crippen LogP contribution in [-0.4, -0.2) is 78.7 Å². The van der Waals surface area contributed by atoms with Crippen molar-refractivity contribution in [3.63, 3.8) is 0 Å². The van der Waals surface area contributed by atoms with Crippen LogP contribution < -0.4 is 4.90 Å². The number of nitrogens with zero attached hydrogens (tertiary/aromatic N) is 4. The summed E-state index contributed by atoms with van der Waals surface area (Å²) < 4.78 is 7.46. The topological polar surface area (TPSA) is 58.0 Å². The predicted molar refractivity (Wildman–Crippen MR) is 144 cm³/mol. The summed E-state index contributed by atoms with van der Waals surface area (Å²) in [5.74, 6) is -0.168. The van der Waals surface area contributed by atoms with E-state index in [2.05, 4.69) is 66.3 Å². The quantitative estimate of drug-likeness (QED) is 0.544. The molecule has 196 valence electrons. The van der Waals surface area contributed by atoms with Gasteiger partial charge in [-0.1, -0.05) is 31.2 Å². The highest BCUT2D eigenvalue weighted by Crippen LogP contribution is 2.34. The second kappa shape index (κ2) is 11.5. The minimum absolute atomic E-state index is 0.0740. The van der Waals surface area contributed by atoms with Crippen molar-refractivity contribution in [2.24, 2.45) is 5.92 Å². The SMILES string of the molecule is CCOC(=O)C1CCN(C(=O)c2c(C)c(N3CCN(CC)CC3)c(C)n2Cc2ccccc2C)CC1. The molecule has 7 nitrogen and oxygen atoms in total. The van der Waals surface area contributed by atoms with Gasteiger partial charge in [0.05, 0.1) is 18.2 Å². The third kappa shape index (κ3) is 5.31. The number of likely N-dealkylation sites (tertiary alicyclic amines) is 1. The van der Waals surface area contributed by atoms with Crippen LogP contribution in [0, 0.1) is 26.7 Å². The highest BCUT2D eigenvalue weighted by atomic mass is 16.5. The lowest BCUT2D eigenvalue weighted by molar-refractivity contribution is -0.149. The van der Waals surface area contributed by atoms with Gasteiger partial charge in [-0.3, -0.25) is 9.59 Å². The van der Waals surface area contributed by atoms with Crippen LogP contribution >= 0.6 is 0 Å². The van der Waals surface area contributed by atoms with E-state index in [1.165, 1.54) is 16.8 Å². The molecule has 4 rings (SSSR count). The molecule has 2 aromatic rings. The molecule has 0 bridgehead atoms. The van der Waals surface area contributed by atoms with Gasteiger partial charge in [-0.2, -0.15) is 0 Å². The number of esters is 1. The van der Waals surface area contributed by atoms with Gasteiger partial charge in [-0.25, -0.2) is 0 Å². The van der Waals surface area contributed by atoms with Crippen molar-refractivity contribution in [1.29, 1.82) is 0 Å². The largest absolute Gasteiger partial charge is 0.466 e. The fraction of sp³-hybridized carbons (Fsp3) is 0.586. The molecule has 0 radical (unpaired) electrons. The summed E-state index contributed by atoms with van der Waals surface area (Å²) in [5, 5.41) is 0. The van der Waals surface area contributed by atoms with E-state index in [0.717, 1.165) is 49.7 Å². The number of ether oxygens (including phenoxy) is 1. The molecule has 1 amide bonds. The van der Waals surface area contributed by atoms with Crippen molar-refractivity contribution < 1.29 is 14.3 Å². The normalized spacial score (nSPS) is 17.5. The van der Waals surface area contributed by atoms with Crippen LogP contribution in [0.2, 0.25) is 0 Å². The van der Waals surface area contributed by atoms with Gasteiger partial charge in [0, 0.05) is 57.1 Å². The number of aromatic nitrogens is 1. The molecular weight excluding hydrogens is 452 g/mol. The zero-order chi connectivity index (χ0) is 25.8. The molecule has 2 saturated heterocycles. The van der Waals surface area contributed by atoms with Crippen LogP contribution in [0.4, 0.5) is 5.69 Å². The molecular formula is C29H42N4O3. The number of rotatable bonds is 7. The molecule has 0 saturated carbocycles. The van der Waals surface area contributed by atoms with Gasteiger partial charge >= 0.3 is 5.97 Å². The third-order valence-corrected chi connectivity index (χ3v) is 8.06. The zero-order valence-electron chi connectivity index (χ0n) is 22.7. The van der Waals surface area contributed by atoms with Crippen LogP contribution in [-0.2, 0) is 16.1 Å². The van der Waals surface area contributed by atoms with Gasteiger partial charge in [0.2, 0.25) is 0 Å². The summed E-state index contributed by atoms with van der Waals surface area (Å²) in [6.45, 7) is 17.8. The third-order valence-electron chi connectivity index (χ3n) is 8.06. The first-order chi connectivity index (χ1) is 17.3. The maximum atomic E-state index is 14.0. The summed E-state index contributed by atoms with van der Waals surface area (Å²) in [6.07, 6.45) is 1.32. The van der Waals surface area contributed by atoms with Gasteiger partial charge in [0.25, 0.3) is 5.91 Å². The van der Waals surface area contributed by atoms with E-state index < -0.39 is 0 Å². The van der Waals surface area contributed by atoms with E-state index in [4.69, 9.17) is 4.74 Å². The molecule has 2 aliphatic rings. The Labute approximate surface area is 216 Å². The Hall–Kier alpha value is -2.80. The Morgan fingerprint density at radius 1 is 0.944 bits per heavy atom. The number of piperazine rings is 1. The van der Waals surface area contributed by atoms with Crippen molar-refractivity contribution in [3.8, 4) is 0 Å². The highest BCUT2D eigenvalue weighted by molar-refractivity contribution is 5.97. The Balaban J connectivity index is 1.64. The summed E-state index contributed by atoms with van der Waals surface area (Å²) in [5.41, 5.74) is 6.69. The first-order valence-electron chi connectivity index (χ1n) is 13.5. The van der Waals surface area contributed by atoms with Crippen molar-refractivity contribution in [2.45, 2.75) is 54.0 Å². The van der Waals surface area contributed by atoms with E-state index >= 15 is 0 Å². The van der Waals surface area contributed by atoms with Crippen LogP contribution in [0.15, 0.2) is 24.3 Å². The van der Waals surface area contributed by atoms with Crippen molar-refractivity contribution >= 4 is 17.6 Å². The number of hydrogen-bond donors (Lipinski definition) is 0. The fourth-order valence-electron chi connectivity index (χ4n) is 5.79. The highest BCUT2D eigenvalue weighted by Gasteiger charge is 2.33. The van der Waals surface area contributed by atoms with E-state index in [1.54, 1.807) is 0 Å². The number of piperidine rings is 1. The minimum atomic E-state index is -0.131. The number of hydrogen-bond acceptors (Lipinski definition) is 5. The monoisotopic (exact) mass is 494 g/mol. The average Bonchev–Trinajstić information content (AvgIpc) is 3.14. The number of likely N-dealkylation sites (N-methyl/N-ethyl adjacent to an activating group) is 1. The fourth-order valence-corrected chi connectivity index (χ4v) is 5.79. The van der Waals surface area contributed by atoms with Gasteiger partial charge in [0.15, 0.2) is 0 Å². The maximum absolute atomic E-state index is 14.0. The van der Waals surface area contributed by atoms with E-state index in [0.29, 0.717) is 39.1 Å². The molecule has 1 aromatic heterocycles. The molecule has 0 spiro atoms. The van der Waals surface area contributed by atoms with E-state index in [9.17, 15) is 9.59 Å². The molecule has 2 aliphatic heterocycles. The van der Waals surface area contributed by atoms with Crippen molar-refractivity contribution in [3.05, 3.63) is 52.3 Å². The second-order valence-electron chi connectivity index (χ2n) is 10.2. The molecule has 36 heavy (non-hydrogen) atoms. The van der Waals surface area contributed by atoms with E-state index in [1.807, 2.05) is 11.8 Å². The molecule has 0 unspecified atom stereocenters. The summed E-state index contributed by atoms with van der Waals surface area (Å²) >= 11 is 0. The Kier molecular flexibility index (Phi) is 8.39. The smallest absolute Gasteiger partial charge is 0.309 e. The van der Waals surface area contributed by atoms with Crippen LogP contribution in [0.25, 0.3) is 0 Å².